The van der Waals surface area contributed by atoms with Crippen molar-refractivity contribution in [3.8, 4) is 22.6 Å². The summed E-state index contributed by atoms with van der Waals surface area (Å²) in [4.78, 5) is 11.0. The molecule has 0 saturated heterocycles. The number of nitrogens with zero attached hydrogens (tertiary/aromatic N) is 4. The van der Waals surface area contributed by atoms with E-state index in [1.54, 1.807) is 0 Å². The third-order valence-corrected chi connectivity index (χ3v) is 13.3. The summed E-state index contributed by atoms with van der Waals surface area (Å²) < 4.78 is 5.12. The van der Waals surface area contributed by atoms with Crippen molar-refractivity contribution in [1.29, 1.82) is 0 Å². The van der Waals surface area contributed by atoms with E-state index in [0.29, 0.717) is 11.8 Å². The Balaban J connectivity index is 1.12. The minimum atomic E-state index is 0.243. The normalized spacial score (nSPS) is 21.0. The summed E-state index contributed by atoms with van der Waals surface area (Å²) in [6, 6.07) is 29.6. The molecule has 4 nitrogen and oxygen atoms in total. The van der Waals surface area contributed by atoms with E-state index >= 15 is 0 Å². The Morgan fingerprint density at radius 1 is 0.667 bits per heavy atom. The summed E-state index contributed by atoms with van der Waals surface area (Å²) >= 11 is 0. The largest absolute Gasteiger partial charge is 0.313 e. The van der Waals surface area contributed by atoms with Gasteiger partial charge in [-0.2, -0.15) is 0 Å². The van der Waals surface area contributed by atoms with Crippen LogP contribution >= 0.6 is 0 Å². The van der Waals surface area contributed by atoms with Crippen molar-refractivity contribution in [2.75, 3.05) is 0 Å². The van der Waals surface area contributed by atoms with Crippen molar-refractivity contribution in [3.05, 3.63) is 166 Å². The van der Waals surface area contributed by atoms with E-state index in [1.165, 1.54) is 79.3 Å². The lowest BCUT2D eigenvalue weighted by Gasteiger charge is -2.24. The number of rotatable bonds is 6. The van der Waals surface area contributed by atoms with Gasteiger partial charge in [0.15, 0.2) is 0 Å². The highest BCUT2D eigenvalue weighted by molar-refractivity contribution is 5.91. The first kappa shape index (κ1) is 34.5. The first-order chi connectivity index (χ1) is 28.2. The van der Waals surface area contributed by atoms with Crippen LogP contribution in [0.5, 0.6) is 0 Å². The minimum Gasteiger partial charge on any atom is -0.313 e. The van der Waals surface area contributed by atoms with E-state index in [4.69, 9.17) is 9.97 Å². The van der Waals surface area contributed by atoms with Gasteiger partial charge in [0.05, 0.1) is 11.2 Å². The van der Waals surface area contributed by atoms with E-state index in [1.807, 2.05) is 0 Å². The van der Waals surface area contributed by atoms with Crippen LogP contribution in [0.2, 0.25) is 0 Å². The second kappa shape index (κ2) is 14.3. The molecule has 3 unspecified atom stereocenters. The van der Waals surface area contributed by atoms with Gasteiger partial charge in [-0.3, -0.25) is 0 Å². The molecule has 0 N–H and O–H groups in total. The Labute approximate surface area is 336 Å². The highest BCUT2D eigenvalue weighted by Crippen LogP contribution is 2.42. The van der Waals surface area contributed by atoms with Gasteiger partial charge in [-0.1, -0.05) is 98.0 Å². The molecule has 3 aromatic carbocycles. The maximum atomic E-state index is 5.53. The summed E-state index contributed by atoms with van der Waals surface area (Å²) in [5.41, 5.74) is 18.3. The lowest BCUT2D eigenvalue weighted by Crippen LogP contribution is -2.12. The highest BCUT2D eigenvalue weighted by Gasteiger charge is 2.28. The first-order valence-electron chi connectivity index (χ1n) is 21.5. The topological polar surface area (TPSA) is 35.6 Å². The van der Waals surface area contributed by atoms with Crippen molar-refractivity contribution in [2.45, 2.75) is 89.4 Å². The van der Waals surface area contributed by atoms with Gasteiger partial charge in [0.25, 0.3) is 0 Å². The first-order valence-corrected chi connectivity index (χ1v) is 21.5. The van der Waals surface area contributed by atoms with Crippen molar-refractivity contribution < 1.29 is 0 Å². The Morgan fingerprint density at radius 2 is 1.49 bits per heavy atom. The van der Waals surface area contributed by atoms with E-state index in [9.17, 15) is 0 Å². The third kappa shape index (κ3) is 6.12. The molecule has 11 rings (SSSR count). The summed E-state index contributed by atoms with van der Waals surface area (Å²) in [7, 11) is 0. The molecule has 5 aliphatic rings. The monoisotopic (exact) mass is 742 g/mol. The summed E-state index contributed by atoms with van der Waals surface area (Å²) in [6.45, 7) is 2.33. The number of fused-ring (bicyclic) bond motifs is 6. The number of benzene rings is 3. The highest BCUT2D eigenvalue weighted by atomic mass is 15.0. The fraction of sp³-hybridized carbons (Fsp3) is 0.283. The van der Waals surface area contributed by atoms with E-state index in [0.717, 1.165) is 81.3 Å². The molecule has 0 amide bonds. The zero-order chi connectivity index (χ0) is 37.9. The maximum Gasteiger partial charge on any atom is 0.136 e. The number of hydrogen-bond acceptors (Lipinski definition) is 2. The molecule has 0 aliphatic heterocycles. The maximum absolute atomic E-state index is 5.53. The second-order valence-electron chi connectivity index (χ2n) is 17.0. The van der Waals surface area contributed by atoms with Gasteiger partial charge in [0.1, 0.15) is 5.82 Å². The second-order valence-corrected chi connectivity index (χ2v) is 17.0. The van der Waals surface area contributed by atoms with Gasteiger partial charge in [-0.25, -0.2) is 9.97 Å². The lowest BCUT2D eigenvalue weighted by atomic mass is 9.84. The molecule has 282 valence electrons. The van der Waals surface area contributed by atoms with Crippen molar-refractivity contribution in [3.63, 3.8) is 0 Å². The smallest absolute Gasteiger partial charge is 0.136 e. The average molecular weight is 743 g/mol. The molecular formula is C53H50N4. The van der Waals surface area contributed by atoms with Crippen molar-refractivity contribution in [1.82, 2.24) is 19.1 Å². The Kier molecular flexibility index (Phi) is 8.67. The van der Waals surface area contributed by atoms with Crippen LogP contribution in [0.3, 0.4) is 0 Å². The van der Waals surface area contributed by atoms with Gasteiger partial charge in [-0.15, -0.1) is 0 Å². The van der Waals surface area contributed by atoms with Gasteiger partial charge >= 0.3 is 0 Å². The van der Waals surface area contributed by atoms with E-state index in [2.05, 4.69) is 150 Å². The molecule has 3 heterocycles. The van der Waals surface area contributed by atoms with Crippen LogP contribution in [0.25, 0.3) is 57.3 Å². The van der Waals surface area contributed by atoms with Crippen LogP contribution < -0.4 is 0 Å². The van der Waals surface area contributed by atoms with Crippen molar-refractivity contribution >= 4 is 34.7 Å². The number of aromatic nitrogens is 4. The van der Waals surface area contributed by atoms with Gasteiger partial charge in [0.2, 0.25) is 0 Å². The summed E-state index contributed by atoms with van der Waals surface area (Å²) in [5.74, 6) is 2.10. The average Bonchev–Trinajstić information content (AvgIpc) is 3.79. The van der Waals surface area contributed by atoms with Crippen LogP contribution in [0.1, 0.15) is 121 Å². The molecule has 57 heavy (non-hydrogen) atoms. The molecule has 4 heteroatoms. The molecule has 3 atom stereocenters. The predicted molar refractivity (Wildman–Crippen MR) is 237 cm³/mol. The Hall–Kier alpha value is -5.74. The fourth-order valence-corrected chi connectivity index (χ4v) is 10.4. The molecular weight excluding hydrogens is 693 g/mol. The number of allylic oxidation sites excluding steroid dienone is 7. The van der Waals surface area contributed by atoms with Gasteiger partial charge in [0, 0.05) is 56.9 Å². The number of hydrogen-bond donors (Lipinski definition) is 0. The molecule has 0 spiro atoms. The fourth-order valence-electron chi connectivity index (χ4n) is 10.4. The summed E-state index contributed by atoms with van der Waals surface area (Å²) in [5, 5.41) is 1.36. The zero-order valence-electron chi connectivity index (χ0n) is 33.0. The van der Waals surface area contributed by atoms with Crippen molar-refractivity contribution in [2.24, 2.45) is 5.92 Å². The lowest BCUT2D eigenvalue weighted by molar-refractivity contribution is 0.584. The van der Waals surface area contributed by atoms with Crippen LogP contribution in [-0.2, 0) is 19.3 Å². The Morgan fingerprint density at radius 3 is 2.35 bits per heavy atom. The standard InChI is InChI=1S/C53H50N4/c1-35-24-29-52-46(30-35)45-20-10-13-23-51(45)57(52)42-32-40(31-41(33-42)56-49-21-11-8-18-43(49)44-19-9-12-22-50(44)56)48-34-47(54-53(55-48)39-16-6-3-7-17-39)38-27-25-37(26-28-38)36-14-4-2-5-15-36/h2,4-6,8,10,12-16,18,20,22-25,29,31-35,38-39H,3,7,9,11,17,19,21,26-28,30H2,1H3. The molecule has 0 fully saturated rings. The van der Waals surface area contributed by atoms with E-state index < -0.39 is 0 Å². The zero-order valence-corrected chi connectivity index (χ0v) is 33.0. The van der Waals surface area contributed by atoms with Crippen LogP contribution in [-0.4, -0.2) is 19.1 Å². The predicted octanol–water partition coefficient (Wildman–Crippen LogP) is 13.2. The molecule has 0 bridgehead atoms. The van der Waals surface area contributed by atoms with Crippen LogP contribution in [0.15, 0.2) is 115 Å². The summed E-state index contributed by atoms with van der Waals surface area (Å²) in [6.07, 6.45) is 33.4. The van der Waals surface area contributed by atoms with E-state index in [-0.39, 0.29) is 5.92 Å². The SMILES string of the molecule is CC1C=Cc2c(c3ccccc3n2-c2cc(-c3cc(C4CC=C(c5ccccc5)CC4)nc(C4C=CCCC4)n3)cc(-n3c4c(c5c3CCC=C5)CCC=C4)c2)C1. The van der Waals surface area contributed by atoms with Crippen LogP contribution in [0.4, 0.5) is 0 Å². The number of para-hydroxylation sites is 1. The molecule has 0 saturated carbocycles. The minimum absolute atomic E-state index is 0.243. The van der Waals surface area contributed by atoms with Gasteiger partial charge < -0.3 is 9.13 Å². The molecule has 6 aromatic rings. The molecule has 5 aliphatic carbocycles. The molecule has 0 radical (unpaired) electrons. The molecule has 3 aromatic heterocycles. The quantitative estimate of drug-likeness (QED) is 0.159. The van der Waals surface area contributed by atoms with Gasteiger partial charge in [-0.05, 0) is 147 Å². The Bertz CT molecular complexity index is 2690. The third-order valence-electron chi connectivity index (χ3n) is 13.3. The van der Waals surface area contributed by atoms with Crippen LogP contribution in [0, 0.1) is 5.92 Å².